The molecule has 1 aromatic carbocycles. The number of anilines is 1. The van der Waals surface area contributed by atoms with Crippen LogP contribution in [0.25, 0.3) is 0 Å². The van der Waals surface area contributed by atoms with Crippen LogP contribution in [-0.4, -0.2) is 52.3 Å². The third kappa shape index (κ3) is 3.33. The van der Waals surface area contributed by atoms with Gasteiger partial charge < -0.3 is 9.80 Å². The zero-order valence-corrected chi connectivity index (χ0v) is 15.7. The maximum atomic E-state index is 12.7. The normalized spacial score (nSPS) is 19.5. The molecule has 0 saturated carbocycles. The summed E-state index contributed by atoms with van der Waals surface area (Å²) in [6.07, 6.45) is 1.87. The Morgan fingerprint density at radius 1 is 1.19 bits per heavy atom. The molecule has 26 heavy (non-hydrogen) atoms. The van der Waals surface area contributed by atoms with Crippen LogP contribution in [0.3, 0.4) is 0 Å². The van der Waals surface area contributed by atoms with Crippen LogP contribution in [0.1, 0.15) is 12.5 Å². The van der Waals surface area contributed by atoms with Gasteiger partial charge in [-0.2, -0.15) is 0 Å². The summed E-state index contributed by atoms with van der Waals surface area (Å²) in [5, 5.41) is 1.44. The largest absolute Gasteiger partial charge is 0.367 e. The number of amides is 1. The fourth-order valence-corrected chi connectivity index (χ4v) is 4.85. The maximum Gasteiger partial charge on any atom is 0.254 e. The summed E-state index contributed by atoms with van der Waals surface area (Å²) < 4.78 is 1.66. The van der Waals surface area contributed by atoms with Crippen LogP contribution < -0.4 is 10.5 Å². The van der Waals surface area contributed by atoms with E-state index in [0.717, 1.165) is 29.6 Å². The van der Waals surface area contributed by atoms with Crippen LogP contribution in [-0.2, 0) is 4.79 Å². The topological polar surface area (TPSA) is 58.4 Å². The number of benzene rings is 1. The van der Waals surface area contributed by atoms with Crippen molar-refractivity contribution in [2.45, 2.75) is 17.6 Å². The first kappa shape index (κ1) is 17.4. The summed E-state index contributed by atoms with van der Waals surface area (Å²) in [6.45, 7) is 2.84. The van der Waals surface area contributed by atoms with Gasteiger partial charge in [-0.15, -0.1) is 0 Å². The van der Waals surface area contributed by atoms with Gasteiger partial charge in [0.2, 0.25) is 5.91 Å². The molecule has 1 fully saturated rings. The average Bonchev–Trinajstić information content (AvgIpc) is 3.06. The fraction of sp³-hybridized carbons (Fsp3) is 0.389. The van der Waals surface area contributed by atoms with Crippen molar-refractivity contribution >= 4 is 35.0 Å². The molecule has 1 atom stereocenters. The highest BCUT2D eigenvalue weighted by atomic mass is 35.5. The number of para-hydroxylation sites is 1. The number of rotatable bonds is 3. The Morgan fingerprint density at radius 3 is 2.73 bits per heavy atom. The number of carbonyl (C=O) groups excluding carboxylic acids is 1. The van der Waals surface area contributed by atoms with Crippen molar-refractivity contribution in [2.75, 3.05) is 36.8 Å². The van der Waals surface area contributed by atoms with Crippen LogP contribution in [0, 0.1) is 0 Å². The van der Waals surface area contributed by atoms with Gasteiger partial charge in [-0.25, -0.2) is 4.98 Å². The third-order valence-electron chi connectivity index (χ3n) is 4.85. The Morgan fingerprint density at radius 2 is 1.96 bits per heavy atom. The molecule has 1 aromatic heterocycles. The predicted octanol–water partition coefficient (Wildman–Crippen LogP) is 2.28. The quantitative estimate of drug-likeness (QED) is 0.752. The molecule has 136 valence electrons. The van der Waals surface area contributed by atoms with Gasteiger partial charge in [-0.3, -0.25) is 14.2 Å². The molecule has 8 heteroatoms. The van der Waals surface area contributed by atoms with Gasteiger partial charge in [-0.05, 0) is 12.1 Å². The monoisotopic (exact) mass is 390 g/mol. The predicted molar refractivity (Wildman–Crippen MR) is 103 cm³/mol. The van der Waals surface area contributed by atoms with Gasteiger partial charge in [0.05, 0.1) is 16.8 Å². The van der Waals surface area contributed by atoms with Crippen LogP contribution in [0.15, 0.2) is 46.5 Å². The lowest BCUT2D eigenvalue weighted by atomic mass is 10.2. The number of nitrogens with zero attached hydrogens (tertiary/aromatic N) is 4. The SMILES string of the molecule is O=C(C[C@@H]1CSc2nccc(=O)n21)N1CCN(c2ccccc2Cl)CC1. The average molecular weight is 391 g/mol. The Hall–Kier alpha value is -1.99. The Labute approximate surface area is 160 Å². The van der Waals surface area contributed by atoms with E-state index < -0.39 is 0 Å². The number of carbonyl (C=O) groups is 1. The second kappa shape index (κ2) is 7.32. The zero-order valence-electron chi connectivity index (χ0n) is 14.2. The summed E-state index contributed by atoms with van der Waals surface area (Å²) in [6, 6.07) is 9.13. The summed E-state index contributed by atoms with van der Waals surface area (Å²) >= 11 is 7.81. The summed E-state index contributed by atoms with van der Waals surface area (Å²) in [7, 11) is 0. The molecule has 2 aromatic rings. The molecule has 0 spiro atoms. The summed E-state index contributed by atoms with van der Waals surface area (Å²) in [4.78, 5) is 33.1. The number of aromatic nitrogens is 2. The van der Waals surface area contributed by atoms with E-state index in [1.165, 1.54) is 24.0 Å². The molecule has 6 nitrogen and oxygen atoms in total. The molecule has 2 aliphatic heterocycles. The molecule has 0 unspecified atom stereocenters. The van der Waals surface area contributed by atoms with Gasteiger partial charge in [0.15, 0.2) is 5.16 Å². The summed E-state index contributed by atoms with van der Waals surface area (Å²) in [5.41, 5.74) is 0.932. The minimum atomic E-state index is -0.106. The van der Waals surface area contributed by atoms with Crippen molar-refractivity contribution in [1.82, 2.24) is 14.5 Å². The maximum absolute atomic E-state index is 12.7. The van der Waals surface area contributed by atoms with Crippen molar-refractivity contribution in [1.29, 1.82) is 0 Å². The smallest absolute Gasteiger partial charge is 0.254 e. The number of thioether (sulfide) groups is 1. The van der Waals surface area contributed by atoms with Crippen molar-refractivity contribution < 1.29 is 4.79 Å². The van der Waals surface area contributed by atoms with Gasteiger partial charge >= 0.3 is 0 Å². The standard InChI is InChI=1S/C18H19ClN4O2S/c19-14-3-1-2-4-15(14)21-7-9-22(10-8-21)17(25)11-13-12-26-18-20-6-5-16(24)23(13)18/h1-6,13H,7-12H2/t13-/m1/s1. The Balaban J connectivity index is 1.38. The van der Waals surface area contributed by atoms with E-state index in [0.29, 0.717) is 24.7 Å². The van der Waals surface area contributed by atoms with Gasteiger partial charge in [-0.1, -0.05) is 35.5 Å². The van der Waals surface area contributed by atoms with Gasteiger partial charge in [0, 0.05) is 50.6 Å². The minimum absolute atomic E-state index is 0.0821. The highest BCUT2D eigenvalue weighted by Gasteiger charge is 2.30. The fourth-order valence-electron chi connectivity index (χ4n) is 3.48. The third-order valence-corrected chi connectivity index (χ3v) is 6.28. The lowest BCUT2D eigenvalue weighted by Gasteiger charge is -2.37. The Kier molecular flexibility index (Phi) is 4.91. The molecule has 4 rings (SSSR count). The van der Waals surface area contributed by atoms with Crippen LogP contribution >= 0.6 is 23.4 Å². The molecule has 2 aliphatic rings. The molecule has 1 amide bonds. The number of hydrogen-bond donors (Lipinski definition) is 0. The molecule has 3 heterocycles. The zero-order chi connectivity index (χ0) is 18.1. The summed E-state index contributed by atoms with van der Waals surface area (Å²) in [5.74, 6) is 0.815. The number of piperazine rings is 1. The van der Waals surface area contributed by atoms with E-state index in [4.69, 9.17) is 11.6 Å². The Bertz CT molecular complexity index is 879. The van der Waals surface area contributed by atoms with Crippen LogP contribution in [0.5, 0.6) is 0 Å². The van der Waals surface area contributed by atoms with E-state index in [9.17, 15) is 9.59 Å². The number of halogens is 1. The molecule has 0 bridgehead atoms. The first-order valence-electron chi connectivity index (χ1n) is 8.61. The molecule has 0 N–H and O–H groups in total. The van der Waals surface area contributed by atoms with E-state index in [1.807, 2.05) is 29.2 Å². The molecule has 0 radical (unpaired) electrons. The molecule has 1 saturated heterocycles. The molecular weight excluding hydrogens is 372 g/mol. The second-order valence-corrected chi connectivity index (χ2v) is 7.82. The highest BCUT2D eigenvalue weighted by molar-refractivity contribution is 7.99. The van der Waals surface area contributed by atoms with Crippen molar-refractivity contribution in [3.63, 3.8) is 0 Å². The first-order chi connectivity index (χ1) is 12.6. The van der Waals surface area contributed by atoms with Crippen molar-refractivity contribution in [3.05, 3.63) is 51.9 Å². The van der Waals surface area contributed by atoms with E-state index in [1.54, 1.807) is 4.57 Å². The van der Waals surface area contributed by atoms with Gasteiger partial charge in [0.25, 0.3) is 5.56 Å². The lowest BCUT2D eigenvalue weighted by Crippen LogP contribution is -2.49. The molecule has 0 aliphatic carbocycles. The van der Waals surface area contributed by atoms with Crippen molar-refractivity contribution in [3.8, 4) is 0 Å². The van der Waals surface area contributed by atoms with E-state index in [-0.39, 0.29) is 17.5 Å². The van der Waals surface area contributed by atoms with E-state index >= 15 is 0 Å². The number of hydrogen-bond acceptors (Lipinski definition) is 5. The first-order valence-corrected chi connectivity index (χ1v) is 9.97. The van der Waals surface area contributed by atoms with Gasteiger partial charge in [0.1, 0.15) is 0 Å². The minimum Gasteiger partial charge on any atom is -0.367 e. The molecular formula is C18H19ClN4O2S. The highest BCUT2D eigenvalue weighted by Crippen LogP contribution is 2.32. The van der Waals surface area contributed by atoms with Crippen LogP contribution in [0.2, 0.25) is 5.02 Å². The second-order valence-electron chi connectivity index (χ2n) is 6.42. The van der Waals surface area contributed by atoms with Crippen molar-refractivity contribution in [2.24, 2.45) is 0 Å². The van der Waals surface area contributed by atoms with Crippen LogP contribution in [0.4, 0.5) is 5.69 Å². The number of fused-ring (bicyclic) bond motifs is 1. The van der Waals surface area contributed by atoms with E-state index in [2.05, 4.69) is 9.88 Å². The lowest BCUT2D eigenvalue weighted by molar-refractivity contribution is -0.132.